The van der Waals surface area contributed by atoms with Gasteiger partial charge in [0.15, 0.2) is 0 Å². The smallest absolute Gasteiger partial charge is 0.227 e. The molecule has 1 atom stereocenters. The Kier molecular flexibility index (Phi) is 7.75. The second kappa shape index (κ2) is 10.3. The molecule has 2 aromatic rings. The van der Waals surface area contributed by atoms with E-state index in [4.69, 9.17) is 11.6 Å². The van der Waals surface area contributed by atoms with E-state index in [0.717, 1.165) is 11.3 Å². The van der Waals surface area contributed by atoms with Crippen LogP contribution in [-0.4, -0.2) is 57.1 Å². The summed E-state index contributed by atoms with van der Waals surface area (Å²) in [7, 11) is -3.43. The van der Waals surface area contributed by atoms with E-state index in [-0.39, 0.29) is 24.1 Å². The average Bonchev–Trinajstić information content (AvgIpc) is 2.75. The van der Waals surface area contributed by atoms with E-state index in [0.29, 0.717) is 37.6 Å². The van der Waals surface area contributed by atoms with Gasteiger partial charge in [0.1, 0.15) is 0 Å². The number of piperazine rings is 1. The van der Waals surface area contributed by atoms with Gasteiger partial charge in [0.2, 0.25) is 15.9 Å². The fraction of sp³-hybridized carbons (Fsp3) is 0.409. The van der Waals surface area contributed by atoms with Crippen LogP contribution in [0.3, 0.4) is 0 Å². The van der Waals surface area contributed by atoms with E-state index in [9.17, 15) is 13.2 Å². The van der Waals surface area contributed by atoms with Gasteiger partial charge in [-0.25, -0.2) is 8.42 Å². The van der Waals surface area contributed by atoms with Crippen molar-refractivity contribution in [2.75, 3.05) is 43.4 Å². The second-order valence-corrected chi connectivity index (χ2v) is 9.81. The Morgan fingerprint density at radius 3 is 2.30 bits per heavy atom. The number of hydrogen-bond donors (Lipinski definition) is 1. The predicted octanol–water partition coefficient (Wildman–Crippen LogP) is 3.10. The predicted molar refractivity (Wildman–Crippen MR) is 122 cm³/mol. The van der Waals surface area contributed by atoms with Gasteiger partial charge in [0.05, 0.1) is 22.4 Å². The molecule has 30 heavy (non-hydrogen) atoms. The maximum Gasteiger partial charge on any atom is 0.227 e. The van der Waals surface area contributed by atoms with E-state index < -0.39 is 10.0 Å². The molecule has 1 saturated heterocycles. The summed E-state index contributed by atoms with van der Waals surface area (Å²) >= 11 is 6.25. The Bertz CT molecular complexity index is 945. The highest BCUT2D eigenvalue weighted by Crippen LogP contribution is 2.26. The number of amides is 1. The minimum Gasteiger partial charge on any atom is -0.368 e. The molecule has 1 amide bonds. The molecule has 2 aromatic carbocycles. The molecule has 1 aliphatic heterocycles. The third-order valence-electron chi connectivity index (χ3n) is 5.41. The lowest BCUT2D eigenvalue weighted by Gasteiger charge is -2.35. The van der Waals surface area contributed by atoms with Crippen molar-refractivity contribution in [3.05, 3.63) is 65.2 Å². The lowest BCUT2D eigenvalue weighted by atomic mass is 9.96. The minimum absolute atomic E-state index is 0.101. The van der Waals surface area contributed by atoms with Gasteiger partial charge in [0.25, 0.3) is 0 Å². The van der Waals surface area contributed by atoms with Crippen LogP contribution in [0.25, 0.3) is 0 Å². The molecule has 162 valence electrons. The van der Waals surface area contributed by atoms with Crippen molar-refractivity contribution in [2.45, 2.75) is 19.3 Å². The average molecular weight is 450 g/mol. The van der Waals surface area contributed by atoms with Crippen LogP contribution in [0.5, 0.6) is 0 Å². The zero-order valence-electron chi connectivity index (χ0n) is 17.1. The molecule has 3 rings (SSSR count). The van der Waals surface area contributed by atoms with Crippen molar-refractivity contribution < 1.29 is 13.2 Å². The first kappa shape index (κ1) is 22.6. The summed E-state index contributed by atoms with van der Waals surface area (Å²) in [6, 6.07) is 17.1. The molecule has 0 saturated carbocycles. The number of halogens is 1. The van der Waals surface area contributed by atoms with E-state index >= 15 is 0 Å². The fourth-order valence-electron chi connectivity index (χ4n) is 3.73. The van der Waals surface area contributed by atoms with Crippen LogP contribution in [0.4, 0.5) is 5.69 Å². The number of rotatable bonds is 8. The first-order valence-corrected chi connectivity index (χ1v) is 12.2. The Morgan fingerprint density at radius 1 is 1.03 bits per heavy atom. The maximum atomic E-state index is 12.7. The second-order valence-electron chi connectivity index (χ2n) is 7.32. The molecular formula is C22H28ClN3O3S. The van der Waals surface area contributed by atoms with E-state index in [1.807, 2.05) is 61.5 Å². The molecule has 0 radical (unpaired) electrons. The van der Waals surface area contributed by atoms with Crippen molar-refractivity contribution in [3.63, 3.8) is 0 Å². The van der Waals surface area contributed by atoms with Crippen molar-refractivity contribution in [1.29, 1.82) is 0 Å². The zero-order chi connectivity index (χ0) is 21.6. The molecule has 1 aliphatic rings. The molecular weight excluding hydrogens is 422 g/mol. The molecule has 6 nitrogen and oxygen atoms in total. The Morgan fingerprint density at radius 2 is 1.67 bits per heavy atom. The molecule has 0 spiro atoms. The van der Waals surface area contributed by atoms with E-state index in [1.165, 1.54) is 4.31 Å². The van der Waals surface area contributed by atoms with Crippen molar-refractivity contribution in [2.24, 2.45) is 0 Å². The summed E-state index contributed by atoms with van der Waals surface area (Å²) in [5.74, 6) is -0.508. The Balaban J connectivity index is 1.50. The van der Waals surface area contributed by atoms with Crippen LogP contribution in [0.1, 0.15) is 24.8 Å². The van der Waals surface area contributed by atoms with Crippen LogP contribution < -0.4 is 10.2 Å². The number of para-hydroxylation sites is 1. The highest BCUT2D eigenvalue weighted by molar-refractivity contribution is 7.89. The van der Waals surface area contributed by atoms with Crippen LogP contribution in [0.2, 0.25) is 5.02 Å². The van der Waals surface area contributed by atoms with Crippen molar-refractivity contribution in [3.8, 4) is 0 Å². The standard InChI is InChI=1S/C22H28ClN3O3S/c1-2-19(18-8-4-3-5-9-18)22(27)24-12-17-30(28,29)26-15-13-25(14-16-26)21-11-7-6-10-20(21)23/h3-11,19H,2,12-17H2,1H3,(H,24,27). The van der Waals surface area contributed by atoms with Gasteiger partial charge in [-0.2, -0.15) is 4.31 Å². The summed E-state index contributed by atoms with van der Waals surface area (Å²) in [6.45, 7) is 4.04. The summed E-state index contributed by atoms with van der Waals surface area (Å²) in [5, 5.41) is 3.46. The van der Waals surface area contributed by atoms with Gasteiger partial charge in [-0.05, 0) is 24.1 Å². The van der Waals surface area contributed by atoms with Gasteiger partial charge in [-0.1, -0.05) is 61.0 Å². The molecule has 0 aliphatic carbocycles. The fourth-order valence-corrected chi connectivity index (χ4v) is 5.32. The van der Waals surface area contributed by atoms with Gasteiger partial charge in [0, 0.05) is 32.7 Å². The van der Waals surface area contributed by atoms with E-state index in [2.05, 4.69) is 10.2 Å². The highest BCUT2D eigenvalue weighted by atomic mass is 35.5. The topological polar surface area (TPSA) is 69.7 Å². The number of carbonyl (C=O) groups is 1. The van der Waals surface area contributed by atoms with E-state index in [1.54, 1.807) is 0 Å². The number of nitrogens with zero attached hydrogens (tertiary/aromatic N) is 2. The third kappa shape index (κ3) is 5.53. The minimum atomic E-state index is -3.43. The quantitative estimate of drug-likeness (QED) is 0.672. The van der Waals surface area contributed by atoms with Crippen LogP contribution in [-0.2, 0) is 14.8 Å². The van der Waals surface area contributed by atoms with Crippen LogP contribution in [0.15, 0.2) is 54.6 Å². The number of carbonyl (C=O) groups excluding carboxylic acids is 1. The summed E-state index contributed by atoms with van der Waals surface area (Å²) in [4.78, 5) is 14.6. The van der Waals surface area contributed by atoms with Crippen molar-refractivity contribution in [1.82, 2.24) is 9.62 Å². The third-order valence-corrected chi connectivity index (χ3v) is 7.60. The largest absolute Gasteiger partial charge is 0.368 e. The summed E-state index contributed by atoms with van der Waals surface area (Å²) in [6.07, 6.45) is 0.659. The Hall–Kier alpha value is -2.09. The summed E-state index contributed by atoms with van der Waals surface area (Å²) in [5.41, 5.74) is 1.87. The first-order chi connectivity index (χ1) is 14.4. The monoisotopic (exact) mass is 449 g/mol. The zero-order valence-corrected chi connectivity index (χ0v) is 18.7. The number of anilines is 1. The normalized spacial score (nSPS) is 16.3. The number of sulfonamides is 1. The maximum absolute atomic E-state index is 12.7. The molecule has 0 aromatic heterocycles. The number of nitrogens with one attached hydrogen (secondary N) is 1. The summed E-state index contributed by atoms with van der Waals surface area (Å²) < 4.78 is 26.9. The van der Waals surface area contributed by atoms with Crippen LogP contribution in [0, 0.1) is 0 Å². The number of benzene rings is 2. The van der Waals surface area contributed by atoms with Crippen LogP contribution >= 0.6 is 11.6 Å². The van der Waals surface area contributed by atoms with Gasteiger partial charge in [-0.15, -0.1) is 0 Å². The lowest BCUT2D eigenvalue weighted by Crippen LogP contribution is -2.50. The molecule has 1 heterocycles. The SMILES string of the molecule is CCC(C(=O)NCCS(=O)(=O)N1CCN(c2ccccc2Cl)CC1)c1ccccc1. The van der Waals surface area contributed by atoms with Crippen molar-refractivity contribution >= 4 is 33.2 Å². The molecule has 0 bridgehead atoms. The lowest BCUT2D eigenvalue weighted by molar-refractivity contribution is -0.122. The molecule has 1 unspecified atom stereocenters. The first-order valence-electron chi connectivity index (χ1n) is 10.2. The number of hydrogen-bond acceptors (Lipinski definition) is 4. The molecule has 8 heteroatoms. The van der Waals surface area contributed by atoms with Gasteiger partial charge in [-0.3, -0.25) is 4.79 Å². The molecule has 1 fully saturated rings. The van der Waals surface area contributed by atoms with Gasteiger partial charge >= 0.3 is 0 Å². The highest BCUT2D eigenvalue weighted by Gasteiger charge is 2.28. The molecule has 1 N–H and O–H groups in total. The Labute approximate surface area is 183 Å². The van der Waals surface area contributed by atoms with Gasteiger partial charge < -0.3 is 10.2 Å².